The molecule has 0 aliphatic carbocycles. The number of para-hydroxylation sites is 1. The van der Waals surface area contributed by atoms with E-state index in [1.54, 1.807) is 0 Å². The van der Waals surface area contributed by atoms with Gasteiger partial charge in [0, 0.05) is 6.61 Å². The van der Waals surface area contributed by atoms with Gasteiger partial charge in [0.05, 0.1) is 6.61 Å². The highest BCUT2D eigenvalue weighted by atomic mass is 16.5. The summed E-state index contributed by atoms with van der Waals surface area (Å²) in [5.74, 6) is 0.898. The van der Waals surface area contributed by atoms with E-state index in [1.165, 1.54) is 0 Å². The zero-order valence-electron chi connectivity index (χ0n) is 12.2. The molecule has 3 N–H and O–H groups in total. The molecule has 3 heteroatoms. The molecular weight excluding hydrogens is 238 g/mol. The minimum absolute atomic E-state index is 0.158. The summed E-state index contributed by atoms with van der Waals surface area (Å²) in [4.78, 5) is 0. The third-order valence-electron chi connectivity index (χ3n) is 3.41. The van der Waals surface area contributed by atoms with Crippen molar-refractivity contribution in [2.45, 2.75) is 39.5 Å². The van der Waals surface area contributed by atoms with Crippen molar-refractivity contribution in [3.8, 4) is 5.75 Å². The van der Waals surface area contributed by atoms with Gasteiger partial charge in [0.2, 0.25) is 0 Å². The van der Waals surface area contributed by atoms with Gasteiger partial charge in [-0.2, -0.15) is 0 Å². The number of nitrogens with two attached hydrogens (primary N) is 1. The second-order valence-electron chi connectivity index (χ2n) is 5.76. The number of ether oxygens (including phenoxy) is 1. The predicted octanol–water partition coefficient (Wildman–Crippen LogP) is 2.76. The van der Waals surface area contributed by atoms with Gasteiger partial charge in [-0.15, -0.1) is 0 Å². The first kappa shape index (κ1) is 16.0. The van der Waals surface area contributed by atoms with Gasteiger partial charge in [0.25, 0.3) is 0 Å². The maximum Gasteiger partial charge on any atom is 0.122 e. The highest BCUT2D eigenvalue weighted by Gasteiger charge is 2.14. The average molecular weight is 265 g/mol. The number of unbranched alkanes of at least 4 members (excludes halogenated alkanes) is 1. The first-order valence-electron chi connectivity index (χ1n) is 7.11. The molecule has 0 radical (unpaired) electrons. The van der Waals surface area contributed by atoms with E-state index < -0.39 is 0 Å². The molecule has 3 nitrogen and oxygen atoms in total. The molecule has 1 aromatic carbocycles. The molecule has 0 spiro atoms. The van der Waals surface area contributed by atoms with Crippen LogP contribution in [0.15, 0.2) is 24.3 Å². The number of aliphatic hydroxyl groups is 1. The van der Waals surface area contributed by atoms with E-state index in [2.05, 4.69) is 13.8 Å². The summed E-state index contributed by atoms with van der Waals surface area (Å²) in [6.07, 6.45) is 3.95. The van der Waals surface area contributed by atoms with E-state index in [0.29, 0.717) is 6.42 Å². The van der Waals surface area contributed by atoms with Crippen LogP contribution in [0.5, 0.6) is 5.75 Å². The van der Waals surface area contributed by atoms with E-state index in [9.17, 15) is 0 Å². The fourth-order valence-corrected chi connectivity index (χ4v) is 1.96. The van der Waals surface area contributed by atoms with Crippen molar-refractivity contribution in [3.63, 3.8) is 0 Å². The highest BCUT2D eigenvalue weighted by Crippen LogP contribution is 2.22. The summed E-state index contributed by atoms with van der Waals surface area (Å²) in [5, 5.41) is 9.00. The minimum atomic E-state index is 0.158. The van der Waals surface area contributed by atoms with Crippen molar-refractivity contribution < 1.29 is 9.84 Å². The van der Waals surface area contributed by atoms with Crippen molar-refractivity contribution in [2.75, 3.05) is 19.8 Å². The molecule has 0 aliphatic rings. The Labute approximate surface area is 116 Å². The average Bonchev–Trinajstić information content (AvgIpc) is 2.40. The number of rotatable bonds is 9. The van der Waals surface area contributed by atoms with Crippen LogP contribution in [0.1, 0.15) is 38.7 Å². The molecule has 0 bridgehead atoms. The van der Waals surface area contributed by atoms with Crippen LogP contribution in [0.2, 0.25) is 0 Å². The maximum atomic E-state index is 9.00. The van der Waals surface area contributed by atoms with Crippen LogP contribution in [0.4, 0.5) is 0 Å². The zero-order valence-corrected chi connectivity index (χ0v) is 12.2. The summed E-state index contributed by atoms with van der Waals surface area (Å²) in [6, 6.07) is 7.91. The molecule has 0 heterocycles. The van der Waals surface area contributed by atoms with Gasteiger partial charge in [-0.1, -0.05) is 32.0 Å². The third-order valence-corrected chi connectivity index (χ3v) is 3.41. The zero-order chi connectivity index (χ0) is 14.1. The number of benzene rings is 1. The van der Waals surface area contributed by atoms with E-state index in [-0.39, 0.29) is 12.0 Å². The largest absolute Gasteiger partial charge is 0.493 e. The summed E-state index contributed by atoms with van der Waals surface area (Å²) in [5.41, 5.74) is 7.02. The highest BCUT2D eigenvalue weighted by molar-refractivity contribution is 5.33. The molecule has 0 saturated heterocycles. The molecule has 0 amide bonds. The van der Waals surface area contributed by atoms with E-state index in [1.807, 2.05) is 24.3 Å². The van der Waals surface area contributed by atoms with Crippen molar-refractivity contribution in [1.82, 2.24) is 0 Å². The minimum Gasteiger partial charge on any atom is -0.493 e. The van der Waals surface area contributed by atoms with Crippen molar-refractivity contribution in [3.05, 3.63) is 29.8 Å². The lowest BCUT2D eigenvalue weighted by molar-refractivity contribution is 0.271. The predicted molar refractivity (Wildman–Crippen MR) is 79.4 cm³/mol. The van der Waals surface area contributed by atoms with Crippen molar-refractivity contribution >= 4 is 0 Å². The quantitative estimate of drug-likeness (QED) is 0.675. The molecule has 1 rings (SSSR count). The SMILES string of the molecule is CC(C)(CN)CCCCOc1ccccc1CCO. The molecule has 0 unspecified atom stereocenters. The molecule has 0 saturated carbocycles. The molecule has 108 valence electrons. The molecule has 0 atom stereocenters. The van der Waals surface area contributed by atoms with Crippen molar-refractivity contribution in [1.29, 1.82) is 0 Å². The normalized spacial score (nSPS) is 11.6. The Hall–Kier alpha value is -1.06. The van der Waals surface area contributed by atoms with Crippen LogP contribution in [0, 0.1) is 5.41 Å². The number of hydrogen-bond acceptors (Lipinski definition) is 3. The second-order valence-corrected chi connectivity index (χ2v) is 5.76. The fraction of sp³-hybridized carbons (Fsp3) is 0.625. The molecule has 19 heavy (non-hydrogen) atoms. The van der Waals surface area contributed by atoms with E-state index in [0.717, 1.165) is 43.7 Å². The third kappa shape index (κ3) is 6.08. The van der Waals surface area contributed by atoms with Crippen LogP contribution in [0.3, 0.4) is 0 Å². The molecule has 0 aromatic heterocycles. The molecule has 0 fully saturated rings. The Kier molecular flexibility index (Phi) is 6.89. The molecular formula is C16H27NO2. The van der Waals surface area contributed by atoms with Gasteiger partial charge in [-0.25, -0.2) is 0 Å². The van der Waals surface area contributed by atoms with Crippen LogP contribution in [-0.4, -0.2) is 24.9 Å². The Balaban J connectivity index is 2.29. The van der Waals surface area contributed by atoms with Gasteiger partial charge in [0.15, 0.2) is 0 Å². The monoisotopic (exact) mass is 265 g/mol. The Morgan fingerprint density at radius 2 is 1.95 bits per heavy atom. The first-order chi connectivity index (χ1) is 9.09. The topological polar surface area (TPSA) is 55.5 Å². The van der Waals surface area contributed by atoms with E-state index in [4.69, 9.17) is 15.6 Å². The number of hydrogen-bond donors (Lipinski definition) is 2. The summed E-state index contributed by atoms with van der Waals surface area (Å²) in [6.45, 7) is 6.01. The van der Waals surface area contributed by atoms with Crippen molar-refractivity contribution in [2.24, 2.45) is 11.1 Å². The van der Waals surface area contributed by atoms with Crippen LogP contribution in [0.25, 0.3) is 0 Å². The molecule has 1 aromatic rings. The second kappa shape index (κ2) is 8.18. The lowest BCUT2D eigenvalue weighted by Crippen LogP contribution is -2.23. The van der Waals surface area contributed by atoms with Crippen LogP contribution >= 0.6 is 0 Å². The number of aliphatic hydroxyl groups excluding tert-OH is 1. The maximum absolute atomic E-state index is 9.00. The summed E-state index contributed by atoms with van der Waals surface area (Å²) < 4.78 is 5.80. The summed E-state index contributed by atoms with van der Waals surface area (Å²) in [7, 11) is 0. The smallest absolute Gasteiger partial charge is 0.122 e. The van der Waals surface area contributed by atoms with E-state index >= 15 is 0 Å². The van der Waals surface area contributed by atoms with Gasteiger partial charge in [-0.3, -0.25) is 0 Å². The fourth-order valence-electron chi connectivity index (χ4n) is 1.96. The van der Waals surface area contributed by atoms with Gasteiger partial charge >= 0.3 is 0 Å². The standard InChI is InChI=1S/C16H27NO2/c1-16(2,13-17)10-5-6-12-19-15-8-4-3-7-14(15)9-11-18/h3-4,7-8,18H,5-6,9-13,17H2,1-2H3. The lowest BCUT2D eigenvalue weighted by Gasteiger charge is -2.21. The van der Waals surface area contributed by atoms with Crippen LogP contribution in [-0.2, 0) is 6.42 Å². The lowest BCUT2D eigenvalue weighted by atomic mass is 9.87. The van der Waals surface area contributed by atoms with Gasteiger partial charge in [0.1, 0.15) is 5.75 Å². The van der Waals surface area contributed by atoms with Gasteiger partial charge < -0.3 is 15.6 Å². The van der Waals surface area contributed by atoms with Gasteiger partial charge in [-0.05, 0) is 49.3 Å². The Bertz CT molecular complexity index is 364. The Morgan fingerprint density at radius 3 is 2.63 bits per heavy atom. The molecule has 0 aliphatic heterocycles. The summed E-state index contributed by atoms with van der Waals surface area (Å²) >= 11 is 0. The Morgan fingerprint density at radius 1 is 1.21 bits per heavy atom. The first-order valence-corrected chi connectivity index (χ1v) is 7.11. The van der Waals surface area contributed by atoms with Crippen LogP contribution < -0.4 is 10.5 Å².